The van der Waals surface area contributed by atoms with Gasteiger partial charge in [0.05, 0.1) is 16.3 Å². The van der Waals surface area contributed by atoms with E-state index < -0.39 is 0 Å². The Morgan fingerprint density at radius 3 is 2.92 bits per heavy atom. The van der Waals surface area contributed by atoms with Crippen LogP contribution in [0.25, 0.3) is 10.6 Å². The first-order chi connectivity index (χ1) is 12.3. The summed E-state index contributed by atoms with van der Waals surface area (Å²) >= 11 is 4.52. The number of amides is 1. The number of carbonyl (C=O) groups excluding carboxylic acids is 1. The fourth-order valence-electron chi connectivity index (χ4n) is 2.29. The third-order valence-corrected chi connectivity index (χ3v) is 6.05. The van der Waals surface area contributed by atoms with Gasteiger partial charge in [0.25, 0.3) is 0 Å². The maximum absolute atomic E-state index is 12.2. The highest BCUT2D eigenvalue weighted by atomic mass is 32.2. The summed E-state index contributed by atoms with van der Waals surface area (Å²) in [5.74, 6) is 1.72. The van der Waals surface area contributed by atoms with E-state index in [1.807, 2.05) is 41.1 Å². The van der Waals surface area contributed by atoms with E-state index >= 15 is 0 Å². The van der Waals surface area contributed by atoms with Crippen molar-refractivity contribution in [3.8, 4) is 22.1 Å². The van der Waals surface area contributed by atoms with Crippen LogP contribution in [0, 0.1) is 0 Å². The van der Waals surface area contributed by atoms with E-state index in [2.05, 4.69) is 10.3 Å². The molecule has 8 heteroatoms. The number of nitrogens with zero attached hydrogens (tertiary/aromatic N) is 1. The van der Waals surface area contributed by atoms with Crippen molar-refractivity contribution in [2.75, 3.05) is 24.3 Å². The minimum Gasteiger partial charge on any atom is -0.486 e. The second kappa shape index (κ2) is 7.47. The number of hydrogen-bond acceptors (Lipinski definition) is 7. The van der Waals surface area contributed by atoms with Crippen molar-refractivity contribution in [1.29, 1.82) is 0 Å². The summed E-state index contributed by atoms with van der Waals surface area (Å²) in [5.41, 5.74) is 0.898. The number of ether oxygens (including phenoxy) is 2. The van der Waals surface area contributed by atoms with Crippen LogP contribution in [0.3, 0.4) is 0 Å². The first kappa shape index (κ1) is 16.4. The molecule has 1 aromatic carbocycles. The van der Waals surface area contributed by atoms with Gasteiger partial charge in [0.15, 0.2) is 16.6 Å². The molecule has 5 nitrogen and oxygen atoms in total. The minimum absolute atomic E-state index is 0.0769. The maximum Gasteiger partial charge on any atom is 0.236 e. The van der Waals surface area contributed by atoms with Crippen LogP contribution in [0.4, 0.5) is 5.13 Å². The molecule has 0 saturated carbocycles. The second-order valence-corrected chi connectivity index (χ2v) is 8.01. The van der Waals surface area contributed by atoms with E-state index in [1.54, 1.807) is 11.3 Å². The zero-order valence-electron chi connectivity index (χ0n) is 13.1. The lowest BCUT2D eigenvalue weighted by molar-refractivity contribution is -0.113. The van der Waals surface area contributed by atoms with Crippen LogP contribution in [-0.2, 0) is 4.79 Å². The SMILES string of the molecule is O=C(CSc1ccc2c(c1)OCCO2)Nc1nc(-c2cccs2)cs1. The average Bonchev–Trinajstić information content (AvgIpc) is 3.31. The largest absolute Gasteiger partial charge is 0.486 e. The monoisotopic (exact) mass is 390 g/mol. The summed E-state index contributed by atoms with van der Waals surface area (Å²) in [4.78, 5) is 18.7. The molecule has 0 unspecified atom stereocenters. The third-order valence-electron chi connectivity index (χ3n) is 3.41. The van der Waals surface area contributed by atoms with Crippen molar-refractivity contribution in [2.24, 2.45) is 0 Å². The molecule has 0 bridgehead atoms. The van der Waals surface area contributed by atoms with Gasteiger partial charge in [0.1, 0.15) is 13.2 Å². The zero-order chi connectivity index (χ0) is 17.1. The molecule has 2 aromatic heterocycles. The van der Waals surface area contributed by atoms with Crippen LogP contribution in [0.15, 0.2) is 46.0 Å². The van der Waals surface area contributed by atoms with Crippen LogP contribution < -0.4 is 14.8 Å². The molecule has 3 aromatic rings. The standard InChI is InChI=1S/C17H14N2O3S3/c20-16(19-17-18-12(9-25-17)15-2-1-7-23-15)10-24-11-3-4-13-14(8-11)22-6-5-21-13/h1-4,7-9H,5-6,10H2,(H,18,19,20). The number of nitrogens with one attached hydrogen (secondary N) is 1. The van der Waals surface area contributed by atoms with Gasteiger partial charge in [-0.25, -0.2) is 4.98 Å². The van der Waals surface area contributed by atoms with Crippen molar-refractivity contribution in [2.45, 2.75) is 4.90 Å². The first-order valence-corrected chi connectivity index (χ1v) is 10.3. The van der Waals surface area contributed by atoms with Crippen molar-refractivity contribution >= 4 is 45.5 Å². The topological polar surface area (TPSA) is 60.5 Å². The molecule has 0 saturated heterocycles. The van der Waals surface area contributed by atoms with Crippen molar-refractivity contribution < 1.29 is 14.3 Å². The molecule has 0 atom stereocenters. The minimum atomic E-state index is -0.0769. The van der Waals surface area contributed by atoms with E-state index in [0.29, 0.717) is 24.1 Å². The summed E-state index contributed by atoms with van der Waals surface area (Å²) in [5, 5.41) is 7.44. The van der Waals surface area contributed by atoms with Gasteiger partial charge < -0.3 is 14.8 Å². The number of hydrogen-bond donors (Lipinski definition) is 1. The highest BCUT2D eigenvalue weighted by molar-refractivity contribution is 8.00. The van der Waals surface area contributed by atoms with Gasteiger partial charge in [-0.1, -0.05) is 6.07 Å². The lowest BCUT2D eigenvalue weighted by Crippen LogP contribution is -2.15. The van der Waals surface area contributed by atoms with Crippen molar-refractivity contribution in [1.82, 2.24) is 4.98 Å². The van der Waals surface area contributed by atoms with Gasteiger partial charge in [0.2, 0.25) is 5.91 Å². The molecule has 0 fully saturated rings. The van der Waals surface area contributed by atoms with Gasteiger partial charge in [-0.3, -0.25) is 4.79 Å². The molecule has 3 heterocycles. The summed E-state index contributed by atoms with van der Waals surface area (Å²) in [6, 6.07) is 9.72. The fraction of sp³-hybridized carbons (Fsp3) is 0.176. The summed E-state index contributed by atoms with van der Waals surface area (Å²) in [6.07, 6.45) is 0. The van der Waals surface area contributed by atoms with E-state index in [4.69, 9.17) is 9.47 Å². The Labute approximate surface area is 157 Å². The zero-order valence-corrected chi connectivity index (χ0v) is 15.5. The number of anilines is 1. The van der Waals surface area contributed by atoms with Crippen molar-refractivity contribution in [3.05, 3.63) is 41.1 Å². The summed E-state index contributed by atoms with van der Waals surface area (Å²) in [7, 11) is 0. The molecule has 4 rings (SSSR count). The molecule has 1 amide bonds. The van der Waals surface area contributed by atoms with Crippen LogP contribution >= 0.6 is 34.4 Å². The molecule has 0 aliphatic carbocycles. The number of carbonyl (C=O) groups is 1. The fourth-order valence-corrected chi connectivity index (χ4v) is 4.50. The van der Waals surface area contributed by atoms with E-state index in [9.17, 15) is 4.79 Å². The Hall–Kier alpha value is -2.03. The number of thioether (sulfide) groups is 1. The second-order valence-electron chi connectivity index (χ2n) is 5.16. The first-order valence-electron chi connectivity index (χ1n) is 7.59. The van der Waals surface area contributed by atoms with Crippen molar-refractivity contribution in [3.63, 3.8) is 0 Å². The van der Waals surface area contributed by atoms with Crippen LogP contribution in [-0.4, -0.2) is 29.9 Å². The van der Waals surface area contributed by atoms with Crippen LogP contribution in [0.1, 0.15) is 0 Å². The molecule has 128 valence electrons. The normalized spacial score (nSPS) is 12.8. The maximum atomic E-state index is 12.2. The van der Waals surface area contributed by atoms with Crippen LogP contribution in [0.2, 0.25) is 0 Å². The number of fused-ring (bicyclic) bond motifs is 1. The van der Waals surface area contributed by atoms with Gasteiger partial charge in [-0.05, 0) is 29.6 Å². The predicted octanol–water partition coefficient (Wildman–Crippen LogP) is 4.37. The van der Waals surface area contributed by atoms with E-state index in [1.165, 1.54) is 23.1 Å². The number of thiazole rings is 1. The van der Waals surface area contributed by atoms with E-state index in [0.717, 1.165) is 27.0 Å². The number of benzene rings is 1. The lowest BCUT2D eigenvalue weighted by Gasteiger charge is -2.18. The summed E-state index contributed by atoms with van der Waals surface area (Å²) < 4.78 is 11.1. The predicted molar refractivity (Wildman–Crippen MR) is 102 cm³/mol. The Bertz CT molecular complexity index is 877. The molecule has 0 spiro atoms. The number of aromatic nitrogens is 1. The van der Waals surface area contributed by atoms with Gasteiger partial charge in [-0.15, -0.1) is 34.4 Å². The molecular formula is C17H14N2O3S3. The van der Waals surface area contributed by atoms with E-state index in [-0.39, 0.29) is 5.91 Å². The average molecular weight is 391 g/mol. The highest BCUT2D eigenvalue weighted by Gasteiger charge is 2.13. The Balaban J connectivity index is 1.33. The molecule has 1 N–H and O–H groups in total. The van der Waals surface area contributed by atoms with Crippen LogP contribution in [0.5, 0.6) is 11.5 Å². The number of thiophene rings is 1. The molecule has 25 heavy (non-hydrogen) atoms. The smallest absolute Gasteiger partial charge is 0.236 e. The molecule has 1 aliphatic heterocycles. The van der Waals surface area contributed by atoms with Gasteiger partial charge >= 0.3 is 0 Å². The van der Waals surface area contributed by atoms with Gasteiger partial charge in [0, 0.05) is 10.3 Å². The highest BCUT2D eigenvalue weighted by Crippen LogP contribution is 2.34. The Morgan fingerprint density at radius 2 is 2.08 bits per heavy atom. The number of rotatable bonds is 5. The summed E-state index contributed by atoms with van der Waals surface area (Å²) in [6.45, 7) is 1.13. The third kappa shape index (κ3) is 3.97. The molecule has 1 aliphatic rings. The Morgan fingerprint density at radius 1 is 1.20 bits per heavy atom. The van der Waals surface area contributed by atoms with Gasteiger partial charge in [-0.2, -0.15) is 0 Å². The molecule has 0 radical (unpaired) electrons. The quantitative estimate of drug-likeness (QED) is 0.656. The molecular weight excluding hydrogens is 376 g/mol. The lowest BCUT2D eigenvalue weighted by atomic mass is 10.3. The Kier molecular flexibility index (Phi) is 4.91.